The molecule has 1 N–H and O–H groups in total. The zero-order valence-electron chi connectivity index (χ0n) is 15.0. The first-order chi connectivity index (χ1) is 12.1. The van der Waals surface area contributed by atoms with Crippen molar-refractivity contribution in [1.82, 2.24) is 10.3 Å². The number of aromatic nitrogens is 1. The van der Waals surface area contributed by atoms with Crippen molar-refractivity contribution in [2.45, 2.75) is 33.1 Å². The third-order valence-corrected chi connectivity index (χ3v) is 5.13. The normalized spacial score (nSPS) is 15.2. The van der Waals surface area contributed by atoms with E-state index >= 15 is 0 Å². The summed E-state index contributed by atoms with van der Waals surface area (Å²) in [6, 6.07) is 8.32. The molecule has 1 unspecified atom stereocenters. The largest absolute Gasteiger partial charge is 0.464 e. The fraction of sp³-hybridized carbons (Fsp3) is 0.333. The Labute approximate surface area is 148 Å². The number of hydrogen-bond donors (Lipinski definition) is 1. The van der Waals surface area contributed by atoms with Crippen molar-refractivity contribution in [2.75, 3.05) is 13.1 Å². The molecule has 0 aromatic carbocycles. The van der Waals surface area contributed by atoms with Gasteiger partial charge in [-0.1, -0.05) is 6.07 Å². The van der Waals surface area contributed by atoms with Crippen LogP contribution in [-0.4, -0.2) is 23.9 Å². The summed E-state index contributed by atoms with van der Waals surface area (Å²) in [6.07, 6.45) is 4.52. The molecular formula is C21H23N3O. The van der Waals surface area contributed by atoms with Crippen LogP contribution in [0.3, 0.4) is 0 Å². The molecule has 4 rings (SSSR count). The first-order valence-electron chi connectivity index (χ1n) is 8.81. The van der Waals surface area contributed by atoms with Gasteiger partial charge in [-0.3, -0.25) is 9.98 Å². The van der Waals surface area contributed by atoms with Gasteiger partial charge in [0.15, 0.2) is 0 Å². The van der Waals surface area contributed by atoms with Gasteiger partial charge in [0.05, 0.1) is 18.6 Å². The van der Waals surface area contributed by atoms with E-state index in [0.717, 1.165) is 42.4 Å². The smallest absolute Gasteiger partial charge is 0.138 e. The molecule has 1 aromatic heterocycles. The van der Waals surface area contributed by atoms with Crippen LogP contribution >= 0.6 is 0 Å². The van der Waals surface area contributed by atoms with E-state index in [4.69, 9.17) is 4.42 Å². The molecule has 1 aromatic rings. The van der Waals surface area contributed by atoms with Crippen LogP contribution in [0.4, 0.5) is 0 Å². The van der Waals surface area contributed by atoms with Gasteiger partial charge in [0.25, 0.3) is 0 Å². The highest BCUT2D eigenvalue weighted by Gasteiger charge is 2.30. The number of nitrogens with zero attached hydrogens (tertiary/aromatic N) is 2. The number of hydrogen-bond acceptors (Lipinski definition) is 4. The van der Waals surface area contributed by atoms with E-state index < -0.39 is 0 Å². The van der Waals surface area contributed by atoms with Gasteiger partial charge in [-0.05, 0) is 55.7 Å². The second-order valence-corrected chi connectivity index (χ2v) is 6.80. The van der Waals surface area contributed by atoms with Crippen LogP contribution < -0.4 is 5.32 Å². The molecule has 0 saturated heterocycles. The Morgan fingerprint density at radius 2 is 2.08 bits per heavy atom. The summed E-state index contributed by atoms with van der Waals surface area (Å²) in [6.45, 7) is 8.21. The molecule has 0 saturated carbocycles. The lowest BCUT2D eigenvalue weighted by atomic mass is 9.89. The minimum Gasteiger partial charge on any atom is -0.464 e. The van der Waals surface area contributed by atoms with E-state index in [2.05, 4.69) is 48.2 Å². The Kier molecular flexibility index (Phi) is 4.04. The Morgan fingerprint density at radius 1 is 1.20 bits per heavy atom. The molecule has 25 heavy (non-hydrogen) atoms. The standard InChI is InChI=1S/C21H23N3O/c1-13-10-16-14(2)15(3)20(21(16)25-12-13)17(11-19-23-8-9-24-19)18-6-4-5-7-22-18/h4-7,10,12,17H,8-9,11H2,1-3H3,(H,23,24). The number of amidine groups is 1. The SMILES string of the molecule is Cc1coc2c(C(CC3=NCCN3)c3ccccn3)c(C)c(C)c-2c1. The van der Waals surface area contributed by atoms with Gasteiger partial charge in [-0.2, -0.15) is 0 Å². The molecule has 2 aliphatic heterocycles. The highest BCUT2D eigenvalue weighted by atomic mass is 16.3. The summed E-state index contributed by atoms with van der Waals surface area (Å²) in [5.41, 5.74) is 7.23. The summed E-state index contributed by atoms with van der Waals surface area (Å²) in [7, 11) is 0. The average Bonchev–Trinajstić information content (AvgIpc) is 3.22. The third-order valence-electron chi connectivity index (χ3n) is 5.13. The Balaban J connectivity index is 1.87. The van der Waals surface area contributed by atoms with Crippen LogP contribution in [0.2, 0.25) is 0 Å². The minimum atomic E-state index is 0.133. The summed E-state index contributed by atoms with van der Waals surface area (Å²) in [5.74, 6) is 2.18. The van der Waals surface area contributed by atoms with Crippen molar-refractivity contribution in [3.8, 4) is 11.3 Å². The lowest BCUT2D eigenvalue weighted by Gasteiger charge is -2.18. The fourth-order valence-corrected chi connectivity index (χ4v) is 3.74. The summed E-state index contributed by atoms with van der Waals surface area (Å²) >= 11 is 0. The van der Waals surface area contributed by atoms with E-state index in [1.54, 1.807) is 0 Å². The van der Waals surface area contributed by atoms with Crippen LogP contribution in [0, 0.1) is 20.8 Å². The van der Waals surface area contributed by atoms with Crippen LogP contribution in [0.5, 0.6) is 0 Å². The summed E-state index contributed by atoms with van der Waals surface area (Å²) in [5, 5.41) is 3.40. The molecule has 128 valence electrons. The Morgan fingerprint density at radius 3 is 2.80 bits per heavy atom. The maximum absolute atomic E-state index is 6.05. The minimum absolute atomic E-state index is 0.133. The fourth-order valence-electron chi connectivity index (χ4n) is 3.74. The lowest BCUT2D eigenvalue weighted by Crippen LogP contribution is -2.22. The predicted octanol–water partition coefficient (Wildman–Crippen LogP) is 4.23. The maximum Gasteiger partial charge on any atom is 0.138 e. The monoisotopic (exact) mass is 333 g/mol. The number of fused-ring (bicyclic) bond motifs is 1. The zero-order chi connectivity index (χ0) is 17.4. The van der Waals surface area contributed by atoms with Gasteiger partial charge in [0, 0.05) is 41.9 Å². The van der Waals surface area contributed by atoms with Crippen molar-refractivity contribution in [3.05, 3.63) is 64.7 Å². The Bertz CT molecular complexity index is 895. The number of aryl methyl sites for hydroxylation is 1. The molecule has 0 radical (unpaired) electrons. The maximum atomic E-state index is 6.05. The molecule has 3 aliphatic rings. The number of aliphatic imine (C=N–C) groups is 1. The predicted molar refractivity (Wildman–Crippen MR) is 101 cm³/mol. The van der Waals surface area contributed by atoms with E-state index in [9.17, 15) is 0 Å². The van der Waals surface area contributed by atoms with Crippen molar-refractivity contribution < 1.29 is 4.42 Å². The molecule has 1 atom stereocenters. The number of rotatable bonds is 4. The first-order valence-corrected chi connectivity index (χ1v) is 8.81. The van der Waals surface area contributed by atoms with Crippen LogP contribution in [0.25, 0.3) is 11.3 Å². The van der Waals surface area contributed by atoms with Crippen molar-refractivity contribution >= 4 is 5.84 Å². The molecule has 0 spiro atoms. The second-order valence-electron chi connectivity index (χ2n) is 6.80. The Hall–Kier alpha value is -2.62. The third kappa shape index (κ3) is 2.82. The summed E-state index contributed by atoms with van der Waals surface area (Å²) < 4.78 is 6.05. The lowest BCUT2D eigenvalue weighted by molar-refractivity contribution is 0.552. The topological polar surface area (TPSA) is 50.4 Å². The number of nitrogens with one attached hydrogen (secondary N) is 1. The molecule has 3 heterocycles. The highest BCUT2D eigenvalue weighted by molar-refractivity contribution is 5.86. The van der Waals surface area contributed by atoms with Gasteiger partial charge < -0.3 is 9.73 Å². The zero-order valence-corrected chi connectivity index (χ0v) is 15.0. The van der Waals surface area contributed by atoms with Crippen molar-refractivity contribution in [2.24, 2.45) is 4.99 Å². The van der Waals surface area contributed by atoms with Crippen molar-refractivity contribution in [3.63, 3.8) is 0 Å². The van der Waals surface area contributed by atoms with Crippen LogP contribution in [0.15, 0.2) is 46.1 Å². The van der Waals surface area contributed by atoms with Gasteiger partial charge in [-0.25, -0.2) is 0 Å². The molecule has 1 aliphatic carbocycles. The van der Waals surface area contributed by atoms with Gasteiger partial charge >= 0.3 is 0 Å². The van der Waals surface area contributed by atoms with E-state index in [0.29, 0.717) is 0 Å². The van der Waals surface area contributed by atoms with E-state index in [1.165, 1.54) is 22.3 Å². The molecule has 4 heteroatoms. The van der Waals surface area contributed by atoms with E-state index in [1.807, 2.05) is 24.6 Å². The second kappa shape index (κ2) is 6.36. The highest BCUT2D eigenvalue weighted by Crippen LogP contribution is 2.43. The quantitative estimate of drug-likeness (QED) is 0.777. The first kappa shape index (κ1) is 15.9. The van der Waals surface area contributed by atoms with Gasteiger partial charge in [-0.15, -0.1) is 0 Å². The van der Waals surface area contributed by atoms with Gasteiger partial charge in [0.1, 0.15) is 5.76 Å². The number of pyridine rings is 1. The average molecular weight is 333 g/mol. The molecule has 0 amide bonds. The molecular weight excluding hydrogens is 310 g/mol. The summed E-state index contributed by atoms with van der Waals surface area (Å²) in [4.78, 5) is 9.25. The van der Waals surface area contributed by atoms with Crippen LogP contribution in [0.1, 0.15) is 40.3 Å². The van der Waals surface area contributed by atoms with Crippen LogP contribution in [-0.2, 0) is 0 Å². The molecule has 4 nitrogen and oxygen atoms in total. The molecule has 0 fully saturated rings. The molecule has 0 bridgehead atoms. The van der Waals surface area contributed by atoms with E-state index in [-0.39, 0.29) is 5.92 Å². The van der Waals surface area contributed by atoms with Gasteiger partial charge in [0.2, 0.25) is 0 Å². The van der Waals surface area contributed by atoms with Crippen molar-refractivity contribution in [1.29, 1.82) is 0 Å².